The average Bonchev–Trinajstić information content (AvgIpc) is 3.27. The van der Waals surface area contributed by atoms with Crippen LogP contribution in [0, 0.1) is 0 Å². The van der Waals surface area contributed by atoms with Crippen LogP contribution in [0.2, 0.25) is 0 Å². The fraction of sp³-hybridized carbons (Fsp3) is 0.292. The summed E-state index contributed by atoms with van der Waals surface area (Å²) >= 11 is 0. The first-order valence-electron chi connectivity index (χ1n) is 10.5. The van der Waals surface area contributed by atoms with Crippen molar-refractivity contribution in [1.82, 2.24) is 19.7 Å². The Kier molecular flexibility index (Phi) is 6.74. The Balaban J connectivity index is 1.55. The molecule has 0 bridgehead atoms. The van der Waals surface area contributed by atoms with E-state index >= 15 is 0 Å². The van der Waals surface area contributed by atoms with E-state index in [0.29, 0.717) is 24.9 Å². The maximum atomic E-state index is 5.97. The van der Waals surface area contributed by atoms with Gasteiger partial charge in [0.2, 0.25) is 5.95 Å². The summed E-state index contributed by atoms with van der Waals surface area (Å²) in [4.78, 5) is 8.84. The zero-order chi connectivity index (χ0) is 21.5. The number of nitrogens with zero attached hydrogens (tertiary/aromatic N) is 4. The molecule has 0 atom stereocenters. The Hall–Kier alpha value is -3.45. The SMILES string of the molecule is C=CCOc1cc(Nc2ncn(-c3ncccc3CC=C)n2)ccc1C1CCOCC1. The van der Waals surface area contributed by atoms with E-state index < -0.39 is 0 Å². The highest BCUT2D eigenvalue weighted by molar-refractivity contribution is 5.58. The third kappa shape index (κ3) is 5.00. The van der Waals surface area contributed by atoms with Crippen molar-refractivity contribution in [1.29, 1.82) is 0 Å². The lowest BCUT2D eigenvalue weighted by Gasteiger charge is -2.24. The molecule has 0 unspecified atom stereocenters. The van der Waals surface area contributed by atoms with E-state index in [2.05, 4.69) is 39.6 Å². The first kappa shape index (κ1) is 20.8. The van der Waals surface area contributed by atoms with Gasteiger partial charge in [-0.15, -0.1) is 11.7 Å². The van der Waals surface area contributed by atoms with Crippen LogP contribution in [-0.2, 0) is 11.2 Å². The van der Waals surface area contributed by atoms with E-state index in [9.17, 15) is 0 Å². The third-order valence-corrected chi connectivity index (χ3v) is 5.23. The van der Waals surface area contributed by atoms with E-state index in [1.165, 1.54) is 5.56 Å². The molecule has 1 aliphatic heterocycles. The average molecular weight is 418 g/mol. The van der Waals surface area contributed by atoms with Crippen molar-refractivity contribution in [3.8, 4) is 11.6 Å². The number of allylic oxidation sites excluding steroid dienone is 1. The molecule has 1 aliphatic rings. The number of hydrogen-bond donors (Lipinski definition) is 1. The monoisotopic (exact) mass is 417 g/mol. The molecule has 2 aromatic heterocycles. The van der Waals surface area contributed by atoms with Crippen LogP contribution in [0.3, 0.4) is 0 Å². The second-order valence-electron chi connectivity index (χ2n) is 7.36. The lowest BCUT2D eigenvalue weighted by molar-refractivity contribution is 0.0847. The topological polar surface area (TPSA) is 74.1 Å². The minimum atomic E-state index is 0.437. The summed E-state index contributed by atoms with van der Waals surface area (Å²) < 4.78 is 13.2. The summed E-state index contributed by atoms with van der Waals surface area (Å²) in [5, 5.41) is 7.82. The quantitative estimate of drug-likeness (QED) is 0.513. The van der Waals surface area contributed by atoms with Gasteiger partial charge in [-0.2, -0.15) is 4.98 Å². The molecule has 7 heteroatoms. The van der Waals surface area contributed by atoms with E-state index in [-0.39, 0.29) is 0 Å². The normalized spacial score (nSPS) is 14.2. The molecular weight excluding hydrogens is 390 g/mol. The molecule has 31 heavy (non-hydrogen) atoms. The fourth-order valence-corrected chi connectivity index (χ4v) is 3.73. The van der Waals surface area contributed by atoms with Crippen molar-refractivity contribution in [3.05, 3.63) is 79.3 Å². The van der Waals surface area contributed by atoms with Crippen molar-refractivity contribution in [2.75, 3.05) is 25.1 Å². The molecule has 0 radical (unpaired) electrons. The van der Waals surface area contributed by atoms with E-state index in [4.69, 9.17) is 9.47 Å². The van der Waals surface area contributed by atoms with Crippen LogP contribution in [0.25, 0.3) is 5.82 Å². The molecular formula is C24H27N5O2. The maximum Gasteiger partial charge on any atom is 0.247 e. The van der Waals surface area contributed by atoms with Crippen LogP contribution in [0.1, 0.15) is 29.9 Å². The molecule has 1 N–H and O–H groups in total. The maximum absolute atomic E-state index is 5.97. The van der Waals surface area contributed by atoms with E-state index in [1.807, 2.05) is 30.3 Å². The van der Waals surface area contributed by atoms with Crippen LogP contribution in [0.15, 0.2) is 68.2 Å². The molecule has 1 saturated heterocycles. The molecule has 160 valence electrons. The Morgan fingerprint density at radius 3 is 2.84 bits per heavy atom. The summed E-state index contributed by atoms with van der Waals surface area (Å²) in [5.74, 6) is 2.53. The Bertz CT molecular complexity index is 1040. The summed E-state index contributed by atoms with van der Waals surface area (Å²) in [5.41, 5.74) is 3.10. The van der Waals surface area contributed by atoms with Gasteiger partial charge in [0, 0.05) is 36.7 Å². The van der Waals surface area contributed by atoms with Gasteiger partial charge >= 0.3 is 0 Å². The number of pyridine rings is 1. The molecule has 1 fully saturated rings. The molecule has 0 amide bonds. The number of aromatic nitrogens is 4. The van der Waals surface area contributed by atoms with Gasteiger partial charge < -0.3 is 14.8 Å². The second-order valence-corrected chi connectivity index (χ2v) is 7.36. The van der Waals surface area contributed by atoms with Gasteiger partial charge in [0.05, 0.1) is 0 Å². The smallest absolute Gasteiger partial charge is 0.247 e. The molecule has 1 aromatic carbocycles. The predicted molar refractivity (Wildman–Crippen MR) is 121 cm³/mol. The zero-order valence-electron chi connectivity index (χ0n) is 17.5. The number of ether oxygens (including phenoxy) is 2. The van der Waals surface area contributed by atoms with Gasteiger partial charge in [-0.05, 0) is 42.9 Å². The van der Waals surface area contributed by atoms with Crippen LogP contribution >= 0.6 is 0 Å². The number of nitrogens with one attached hydrogen (secondary N) is 1. The van der Waals surface area contributed by atoms with Crippen LogP contribution in [0.5, 0.6) is 5.75 Å². The minimum Gasteiger partial charge on any atom is -0.489 e. The van der Waals surface area contributed by atoms with E-state index in [1.54, 1.807) is 23.3 Å². The lowest BCUT2D eigenvalue weighted by atomic mass is 9.91. The summed E-state index contributed by atoms with van der Waals surface area (Å²) in [6, 6.07) is 10.1. The highest BCUT2D eigenvalue weighted by Gasteiger charge is 2.20. The number of rotatable bonds is 9. The van der Waals surface area contributed by atoms with Gasteiger partial charge in [0.15, 0.2) is 5.82 Å². The third-order valence-electron chi connectivity index (χ3n) is 5.23. The fourth-order valence-electron chi connectivity index (χ4n) is 3.73. The number of benzene rings is 1. The van der Waals surface area contributed by atoms with Crippen molar-refractivity contribution in [3.63, 3.8) is 0 Å². The Morgan fingerprint density at radius 2 is 2.03 bits per heavy atom. The van der Waals surface area contributed by atoms with Crippen molar-refractivity contribution < 1.29 is 9.47 Å². The lowest BCUT2D eigenvalue weighted by Crippen LogP contribution is -2.15. The highest BCUT2D eigenvalue weighted by atomic mass is 16.5. The number of hydrogen-bond acceptors (Lipinski definition) is 6. The minimum absolute atomic E-state index is 0.437. The molecule has 4 rings (SSSR count). The standard InChI is InChI=1S/C24H27N5O2/c1-3-6-19-7-5-12-25-23(19)29-17-26-24(28-29)27-20-8-9-21(18-10-14-30-15-11-18)22(16-20)31-13-4-2/h3-5,7-9,12,16-18H,1-2,6,10-11,13-15H2,(H,27,28). The van der Waals surface area contributed by atoms with Crippen LogP contribution in [-0.4, -0.2) is 39.6 Å². The van der Waals surface area contributed by atoms with Crippen LogP contribution < -0.4 is 10.1 Å². The zero-order valence-corrected chi connectivity index (χ0v) is 17.5. The summed E-state index contributed by atoms with van der Waals surface area (Å²) in [6.45, 7) is 9.60. The first-order chi connectivity index (χ1) is 15.3. The molecule has 0 saturated carbocycles. The molecule has 7 nitrogen and oxygen atoms in total. The molecule has 3 heterocycles. The molecule has 0 spiro atoms. The summed E-state index contributed by atoms with van der Waals surface area (Å²) in [6.07, 6.45) is 9.72. The second kappa shape index (κ2) is 10.0. The first-order valence-corrected chi connectivity index (χ1v) is 10.5. The van der Waals surface area contributed by atoms with Crippen LogP contribution in [0.4, 0.5) is 11.6 Å². The summed E-state index contributed by atoms with van der Waals surface area (Å²) in [7, 11) is 0. The predicted octanol–water partition coefficient (Wildman–Crippen LogP) is 4.59. The highest BCUT2D eigenvalue weighted by Crippen LogP contribution is 2.36. The Morgan fingerprint density at radius 1 is 1.16 bits per heavy atom. The number of anilines is 2. The van der Waals surface area contributed by atoms with Gasteiger partial charge in [0.25, 0.3) is 0 Å². The van der Waals surface area contributed by atoms with Crippen molar-refractivity contribution >= 4 is 11.6 Å². The van der Waals surface area contributed by atoms with Gasteiger partial charge in [-0.25, -0.2) is 9.67 Å². The van der Waals surface area contributed by atoms with Gasteiger partial charge in [0.1, 0.15) is 18.7 Å². The Labute approximate surface area is 182 Å². The van der Waals surface area contributed by atoms with E-state index in [0.717, 1.165) is 48.9 Å². The molecule has 0 aliphatic carbocycles. The molecule has 3 aromatic rings. The van der Waals surface area contributed by atoms with Gasteiger partial charge in [-0.1, -0.05) is 30.9 Å². The largest absolute Gasteiger partial charge is 0.489 e. The van der Waals surface area contributed by atoms with Crippen molar-refractivity contribution in [2.24, 2.45) is 0 Å². The van der Waals surface area contributed by atoms with Gasteiger partial charge in [-0.3, -0.25) is 0 Å². The van der Waals surface area contributed by atoms with Crippen molar-refractivity contribution in [2.45, 2.75) is 25.2 Å².